The fraction of sp³-hybridized carbons (Fsp3) is 0.462. The van der Waals surface area contributed by atoms with Crippen molar-refractivity contribution in [1.82, 2.24) is 0 Å². The zero-order valence-corrected chi connectivity index (χ0v) is 9.33. The first-order valence-corrected chi connectivity index (χ1v) is 5.60. The fourth-order valence-electron chi connectivity index (χ4n) is 2.01. The Balaban J connectivity index is 2.19. The Labute approximate surface area is 94.4 Å². The summed E-state index contributed by atoms with van der Waals surface area (Å²) in [6.07, 6.45) is 2.38. The van der Waals surface area contributed by atoms with Gasteiger partial charge in [-0.25, -0.2) is 4.39 Å². The summed E-state index contributed by atoms with van der Waals surface area (Å²) < 4.78 is 18.6. The zero-order valence-electron chi connectivity index (χ0n) is 9.33. The molecule has 1 unspecified atom stereocenters. The molecule has 0 amide bonds. The summed E-state index contributed by atoms with van der Waals surface area (Å²) in [5, 5.41) is 0. The Hall–Kier alpha value is -1.22. The van der Waals surface area contributed by atoms with E-state index in [0.29, 0.717) is 12.2 Å². The largest absolute Gasteiger partial charge is 0.370 e. The minimum Gasteiger partial charge on any atom is -0.370 e. The highest BCUT2D eigenvalue weighted by Crippen LogP contribution is 2.18. The highest BCUT2D eigenvalue weighted by molar-refractivity contribution is 5.99. The average Bonchev–Trinajstić information content (AvgIpc) is 2.28. The average molecular weight is 222 g/mol. The number of carbonyl (C=O) groups excluding carboxylic acids is 1. The van der Waals surface area contributed by atoms with E-state index in [1.807, 2.05) is 0 Å². The molecule has 0 aromatic heterocycles. The first-order chi connectivity index (χ1) is 7.66. The van der Waals surface area contributed by atoms with Crippen LogP contribution >= 0.6 is 0 Å². The molecule has 1 aromatic rings. The van der Waals surface area contributed by atoms with E-state index in [1.165, 1.54) is 12.1 Å². The highest BCUT2D eigenvalue weighted by atomic mass is 19.1. The second kappa shape index (κ2) is 4.74. The van der Waals surface area contributed by atoms with Crippen LogP contribution in [0.1, 0.15) is 35.2 Å². The third kappa shape index (κ3) is 2.47. The molecule has 0 bridgehead atoms. The van der Waals surface area contributed by atoms with Gasteiger partial charge in [-0.1, -0.05) is 0 Å². The number of aryl methyl sites for hydroxylation is 1. The lowest BCUT2D eigenvalue weighted by Crippen LogP contribution is -2.28. The van der Waals surface area contributed by atoms with E-state index >= 15 is 0 Å². The van der Waals surface area contributed by atoms with Crippen LogP contribution in [0.5, 0.6) is 0 Å². The summed E-state index contributed by atoms with van der Waals surface area (Å²) in [6, 6.07) is 4.41. The first-order valence-electron chi connectivity index (χ1n) is 5.60. The van der Waals surface area contributed by atoms with Crippen molar-refractivity contribution in [2.75, 3.05) is 6.61 Å². The maximum Gasteiger partial charge on any atom is 0.191 e. The number of ether oxygens (including phenoxy) is 1. The van der Waals surface area contributed by atoms with Crippen LogP contribution in [0.4, 0.5) is 4.39 Å². The molecule has 0 aliphatic carbocycles. The topological polar surface area (TPSA) is 26.3 Å². The number of hydrogen-bond acceptors (Lipinski definition) is 2. The van der Waals surface area contributed by atoms with Crippen LogP contribution in [-0.2, 0) is 4.74 Å². The molecule has 3 heteroatoms. The van der Waals surface area contributed by atoms with Crippen LogP contribution in [0.25, 0.3) is 0 Å². The van der Waals surface area contributed by atoms with E-state index in [9.17, 15) is 9.18 Å². The van der Waals surface area contributed by atoms with Gasteiger partial charge in [0.1, 0.15) is 11.9 Å². The molecule has 86 valence electrons. The molecule has 2 rings (SSSR count). The van der Waals surface area contributed by atoms with E-state index in [2.05, 4.69) is 0 Å². The second-order valence-corrected chi connectivity index (χ2v) is 4.24. The van der Waals surface area contributed by atoms with Gasteiger partial charge in [0.25, 0.3) is 0 Å². The van der Waals surface area contributed by atoms with Crippen molar-refractivity contribution in [3.05, 3.63) is 35.1 Å². The van der Waals surface area contributed by atoms with Gasteiger partial charge in [-0.05, 0) is 49.9 Å². The molecule has 0 saturated carbocycles. The van der Waals surface area contributed by atoms with Gasteiger partial charge in [-0.15, -0.1) is 0 Å². The smallest absolute Gasteiger partial charge is 0.191 e. The van der Waals surface area contributed by atoms with E-state index in [0.717, 1.165) is 24.8 Å². The predicted octanol–water partition coefficient (Wildman–Crippen LogP) is 2.89. The summed E-state index contributed by atoms with van der Waals surface area (Å²) in [4.78, 5) is 12.0. The summed E-state index contributed by atoms with van der Waals surface area (Å²) >= 11 is 0. The molecule has 16 heavy (non-hydrogen) atoms. The quantitative estimate of drug-likeness (QED) is 0.719. The third-order valence-corrected chi connectivity index (χ3v) is 2.80. The van der Waals surface area contributed by atoms with Crippen molar-refractivity contribution in [3.8, 4) is 0 Å². The molecule has 1 aromatic carbocycles. The Morgan fingerprint density at radius 3 is 2.81 bits per heavy atom. The molecule has 1 aliphatic heterocycles. The van der Waals surface area contributed by atoms with Gasteiger partial charge in [0.2, 0.25) is 0 Å². The van der Waals surface area contributed by atoms with Gasteiger partial charge in [0.15, 0.2) is 5.78 Å². The van der Waals surface area contributed by atoms with Crippen molar-refractivity contribution >= 4 is 5.78 Å². The lowest BCUT2D eigenvalue weighted by molar-refractivity contribution is 0.0186. The van der Waals surface area contributed by atoms with Crippen LogP contribution in [-0.4, -0.2) is 18.5 Å². The number of carbonyl (C=O) groups is 1. The minimum absolute atomic E-state index is 0.0951. The number of benzene rings is 1. The molecule has 1 heterocycles. The van der Waals surface area contributed by atoms with Crippen molar-refractivity contribution in [1.29, 1.82) is 0 Å². The molecule has 0 N–H and O–H groups in total. The Kier molecular flexibility index (Phi) is 3.34. The lowest BCUT2D eigenvalue weighted by atomic mass is 9.98. The molecule has 0 radical (unpaired) electrons. The molecule has 2 nitrogen and oxygen atoms in total. The van der Waals surface area contributed by atoms with E-state index in [4.69, 9.17) is 4.74 Å². The van der Waals surface area contributed by atoms with E-state index < -0.39 is 0 Å². The van der Waals surface area contributed by atoms with Gasteiger partial charge in [-0.2, -0.15) is 0 Å². The Morgan fingerprint density at radius 2 is 2.19 bits per heavy atom. The Bertz CT molecular complexity index is 375. The predicted molar refractivity (Wildman–Crippen MR) is 59.1 cm³/mol. The molecule has 1 fully saturated rings. The number of rotatable bonds is 2. The lowest BCUT2D eigenvalue weighted by Gasteiger charge is -2.21. The van der Waals surface area contributed by atoms with Gasteiger partial charge >= 0.3 is 0 Å². The van der Waals surface area contributed by atoms with Crippen molar-refractivity contribution < 1.29 is 13.9 Å². The summed E-state index contributed by atoms with van der Waals surface area (Å²) in [5.41, 5.74) is 1.18. The summed E-state index contributed by atoms with van der Waals surface area (Å²) in [7, 11) is 0. The summed E-state index contributed by atoms with van der Waals surface area (Å²) in [5.74, 6) is -0.457. The molecular weight excluding hydrogens is 207 g/mol. The van der Waals surface area contributed by atoms with Gasteiger partial charge in [0, 0.05) is 12.2 Å². The number of Topliss-reactive ketones (excluding diaryl/α,β-unsaturated/α-hetero) is 1. The van der Waals surface area contributed by atoms with E-state index in [-0.39, 0.29) is 17.7 Å². The van der Waals surface area contributed by atoms with Gasteiger partial charge < -0.3 is 4.74 Å². The van der Waals surface area contributed by atoms with Gasteiger partial charge in [-0.3, -0.25) is 4.79 Å². The molecule has 1 aliphatic rings. The van der Waals surface area contributed by atoms with Gasteiger partial charge in [0.05, 0.1) is 0 Å². The van der Waals surface area contributed by atoms with Crippen molar-refractivity contribution in [3.63, 3.8) is 0 Å². The summed E-state index contributed by atoms with van der Waals surface area (Å²) in [6.45, 7) is 2.41. The third-order valence-electron chi connectivity index (χ3n) is 2.80. The maximum atomic E-state index is 13.2. The SMILES string of the molecule is Cc1cc(F)cc(C(=O)C2CCCCO2)c1. The monoisotopic (exact) mass is 222 g/mol. The molecular formula is C13H15FO2. The number of halogens is 1. The zero-order chi connectivity index (χ0) is 11.5. The standard InChI is InChI=1S/C13H15FO2/c1-9-6-10(8-11(14)7-9)13(15)12-4-2-3-5-16-12/h6-8,12H,2-5H2,1H3. The van der Waals surface area contributed by atoms with Crippen LogP contribution < -0.4 is 0 Å². The number of ketones is 1. The van der Waals surface area contributed by atoms with Crippen LogP contribution in [0.15, 0.2) is 18.2 Å². The molecule has 0 spiro atoms. The van der Waals surface area contributed by atoms with Crippen molar-refractivity contribution in [2.24, 2.45) is 0 Å². The Morgan fingerprint density at radius 1 is 1.38 bits per heavy atom. The second-order valence-electron chi connectivity index (χ2n) is 4.24. The first kappa shape index (κ1) is 11.3. The van der Waals surface area contributed by atoms with Crippen LogP contribution in [0, 0.1) is 12.7 Å². The number of hydrogen-bond donors (Lipinski definition) is 0. The molecule has 1 atom stereocenters. The van der Waals surface area contributed by atoms with E-state index in [1.54, 1.807) is 13.0 Å². The van der Waals surface area contributed by atoms with Crippen molar-refractivity contribution in [2.45, 2.75) is 32.3 Å². The fourth-order valence-corrected chi connectivity index (χ4v) is 2.01. The normalized spacial score (nSPS) is 20.8. The highest BCUT2D eigenvalue weighted by Gasteiger charge is 2.23. The van der Waals surface area contributed by atoms with Crippen LogP contribution in [0.3, 0.4) is 0 Å². The minimum atomic E-state index is -0.380. The molecule has 1 saturated heterocycles. The maximum absolute atomic E-state index is 13.2. The van der Waals surface area contributed by atoms with Crippen LogP contribution in [0.2, 0.25) is 0 Å².